The van der Waals surface area contributed by atoms with Crippen LogP contribution >= 0.6 is 0 Å². The maximum Gasteiger partial charge on any atom is 0.224 e. The quantitative estimate of drug-likeness (QED) is 0.893. The molecule has 25 heavy (non-hydrogen) atoms. The second kappa shape index (κ2) is 8.81. The smallest absolute Gasteiger partial charge is 0.224 e. The molecular weight excluding hydrogens is 310 g/mol. The Morgan fingerprint density at radius 1 is 1.12 bits per heavy atom. The van der Waals surface area contributed by atoms with E-state index in [4.69, 9.17) is 0 Å². The number of likely N-dealkylation sites (tertiary alicyclic amines) is 2. The van der Waals surface area contributed by atoms with Crippen LogP contribution in [-0.2, 0) is 11.3 Å². The summed E-state index contributed by atoms with van der Waals surface area (Å²) in [6.45, 7) is 9.59. The number of nitrogens with one attached hydrogen (secondary N) is 1. The summed E-state index contributed by atoms with van der Waals surface area (Å²) in [7, 11) is 0. The normalized spacial score (nSPS) is 23.7. The molecule has 1 amide bonds. The number of nitrogens with zero attached hydrogens (tertiary/aromatic N) is 2. The summed E-state index contributed by atoms with van der Waals surface area (Å²) in [5.74, 6) is 0.430. The maximum atomic E-state index is 12.3. The lowest BCUT2D eigenvalue weighted by Gasteiger charge is -2.42. The fourth-order valence-electron chi connectivity index (χ4n) is 4.24. The van der Waals surface area contributed by atoms with Crippen molar-refractivity contribution in [3.05, 3.63) is 35.9 Å². The Hall–Kier alpha value is -1.39. The van der Waals surface area contributed by atoms with Gasteiger partial charge >= 0.3 is 0 Å². The molecule has 2 heterocycles. The van der Waals surface area contributed by atoms with E-state index in [2.05, 4.69) is 45.4 Å². The van der Waals surface area contributed by atoms with Crippen molar-refractivity contribution in [1.82, 2.24) is 15.1 Å². The zero-order chi connectivity index (χ0) is 17.6. The molecule has 3 rings (SSSR count). The highest BCUT2D eigenvalue weighted by Gasteiger charge is 2.31. The van der Waals surface area contributed by atoms with Gasteiger partial charge < -0.3 is 5.32 Å². The van der Waals surface area contributed by atoms with E-state index in [1.165, 1.54) is 31.5 Å². The molecular formula is C21H33N3O. The first-order valence-corrected chi connectivity index (χ1v) is 9.92. The molecule has 2 aliphatic rings. The molecule has 0 saturated carbocycles. The molecule has 1 aromatic rings. The van der Waals surface area contributed by atoms with Crippen LogP contribution in [0.3, 0.4) is 0 Å². The van der Waals surface area contributed by atoms with Crippen LogP contribution in [0.4, 0.5) is 0 Å². The lowest BCUT2D eigenvalue weighted by Crippen LogP contribution is -2.51. The third-order valence-electron chi connectivity index (χ3n) is 5.58. The van der Waals surface area contributed by atoms with Crippen LogP contribution in [0.25, 0.3) is 0 Å². The molecule has 1 aromatic carbocycles. The van der Waals surface area contributed by atoms with Gasteiger partial charge in [-0.25, -0.2) is 0 Å². The van der Waals surface area contributed by atoms with E-state index in [1.807, 2.05) is 13.8 Å². The van der Waals surface area contributed by atoms with E-state index in [9.17, 15) is 4.79 Å². The molecule has 138 valence electrons. The van der Waals surface area contributed by atoms with Crippen molar-refractivity contribution in [2.75, 3.05) is 26.2 Å². The first-order chi connectivity index (χ1) is 12.1. The number of rotatable bonds is 5. The Morgan fingerprint density at radius 2 is 1.84 bits per heavy atom. The van der Waals surface area contributed by atoms with Crippen molar-refractivity contribution in [3.8, 4) is 0 Å². The third-order valence-corrected chi connectivity index (χ3v) is 5.58. The van der Waals surface area contributed by atoms with Gasteiger partial charge in [-0.2, -0.15) is 0 Å². The minimum absolute atomic E-state index is 0.179. The van der Waals surface area contributed by atoms with Crippen LogP contribution in [0.15, 0.2) is 30.3 Å². The van der Waals surface area contributed by atoms with Gasteiger partial charge in [-0.1, -0.05) is 30.3 Å². The van der Waals surface area contributed by atoms with Crippen LogP contribution < -0.4 is 5.32 Å². The van der Waals surface area contributed by atoms with Gasteiger partial charge in [0.15, 0.2) is 0 Å². The molecule has 0 radical (unpaired) electrons. The van der Waals surface area contributed by atoms with Gasteiger partial charge in [-0.15, -0.1) is 0 Å². The summed E-state index contributed by atoms with van der Waals surface area (Å²) in [4.78, 5) is 17.5. The molecule has 2 fully saturated rings. The van der Waals surface area contributed by atoms with Gasteiger partial charge in [0.2, 0.25) is 5.91 Å². The summed E-state index contributed by atoms with van der Waals surface area (Å²) >= 11 is 0. The highest BCUT2D eigenvalue weighted by Crippen LogP contribution is 2.24. The molecule has 4 nitrogen and oxygen atoms in total. The molecule has 1 unspecified atom stereocenters. The minimum atomic E-state index is 0.179. The van der Waals surface area contributed by atoms with E-state index in [0.29, 0.717) is 6.04 Å². The van der Waals surface area contributed by atoms with E-state index < -0.39 is 0 Å². The van der Waals surface area contributed by atoms with Gasteiger partial charge in [-0.3, -0.25) is 14.6 Å². The zero-order valence-electron chi connectivity index (χ0n) is 15.8. The molecule has 2 saturated heterocycles. The third kappa shape index (κ3) is 5.29. The number of benzene rings is 1. The predicted molar refractivity (Wildman–Crippen MR) is 102 cm³/mol. The summed E-state index contributed by atoms with van der Waals surface area (Å²) < 4.78 is 0. The topological polar surface area (TPSA) is 35.6 Å². The Bertz CT molecular complexity index is 537. The van der Waals surface area contributed by atoms with Crippen molar-refractivity contribution in [3.63, 3.8) is 0 Å². The molecule has 0 bridgehead atoms. The number of carbonyl (C=O) groups is 1. The Labute approximate surface area is 152 Å². The van der Waals surface area contributed by atoms with Gasteiger partial charge in [0, 0.05) is 25.2 Å². The van der Waals surface area contributed by atoms with Gasteiger partial charge in [0.1, 0.15) is 0 Å². The average molecular weight is 344 g/mol. The van der Waals surface area contributed by atoms with Crippen LogP contribution in [0, 0.1) is 5.92 Å². The van der Waals surface area contributed by atoms with Crippen LogP contribution in [0.5, 0.6) is 0 Å². The SMILES string of the molecule is CC(C)NC(=O)C1CCCN(C2CCN(Cc3ccccc3)CC2)C1. The van der Waals surface area contributed by atoms with Gasteiger partial charge in [0.25, 0.3) is 0 Å². The largest absolute Gasteiger partial charge is 0.354 e. The molecule has 4 heteroatoms. The van der Waals surface area contributed by atoms with Gasteiger partial charge in [-0.05, 0) is 64.7 Å². The van der Waals surface area contributed by atoms with Crippen molar-refractivity contribution >= 4 is 5.91 Å². The van der Waals surface area contributed by atoms with Crippen molar-refractivity contribution in [2.24, 2.45) is 5.92 Å². The summed E-state index contributed by atoms with van der Waals surface area (Å²) in [6.07, 6.45) is 4.65. The molecule has 0 spiro atoms. The second-order valence-corrected chi connectivity index (χ2v) is 7.99. The minimum Gasteiger partial charge on any atom is -0.354 e. The van der Waals surface area contributed by atoms with E-state index in [0.717, 1.165) is 32.5 Å². The number of carbonyl (C=O) groups excluding carboxylic acids is 1. The monoisotopic (exact) mass is 343 g/mol. The van der Waals surface area contributed by atoms with Crippen LogP contribution in [0.1, 0.15) is 45.1 Å². The first kappa shape index (κ1) is 18.4. The average Bonchev–Trinajstić information content (AvgIpc) is 2.63. The lowest BCUT2D eigenvalue weighted by atomic mass is 9.93. The fourth-order valence-corrected chi connectivity index (χ4v) is 4.24. The molecule has 1 atom stereocenters. The number of amides is 1. The van der Waals surface area contributed by atoms with E-state index in [-0.39, 0.29) is 17.9 Å². The number of piperidine rings is 2. The maximum absolute atomic E-state index is 12.3. The number of hydrogen-bond donors (Lipinski definition) is 1. The van der Waals surface area contributed by atoms with E-state index in [1.54, 1.807) is 0 Å². The molecule has 0 aromatic heterocycles. The van der Waals surface area contributed by atoms with Crippen molar-refractivity contribution in [1.29, 1.82) is 0 Å². The van der Waals surface area contributed by atoms with Gasteiger partial charge in [0.05, 0.1) is 5.92 Å². The van der Waals surface area contributed by atoms with Crippen molar-refractivity contribution < 1.29 is 4.79 Å². The fraction of sp³-hybridized carbons (Fsp3) is 0.667. The Kier molecular flexibility index (Phi) is 6.49. The van der Waals surface area contributed by atoms with E-state index >= 15 is 0 Å². The highest BCUT2D eigenvalue weighted by atomic mass is 16.2. The molecule has 0 aliphatic carbocycles. The van der Waals surface area contributed by atoms with Crippen molar-refractivity contribution in [2.45, 2.75) is 58.2 Å². The standard InChI is InChI=1S/C21H33N3O/c1-17(2)22-21(25)19-9-6-12-24(16-19)20-10-13-23(14-11-20)15-18-7-4-3-5-8-18/h3-5,7-8,17,19-20H,6,9-16H2,1-2H3,(H,22,25). The summed E-state index contributed by atoms with van der Waals surface area (Å²) in [5, 5.41) is 3.10. The summed E-state index contributed by atoms with van der Waals surface area (Å²) in [6, 6.07) is 11.7. The van der Waals surface area contributed by atoms with Crippen LogP contribution in [0.2, 0.25) is 0 Å². The first-order valence-electron chi connectivity index (χ1n) is 9.92. The predicted octanol–water partition coefficient (Wildman–Crippen LogP) is 2.89. The lowest BCUT2D eigenvalue weighted by molar-refractivity contribution is -0.127. The zero-order valence-corrected chi connectivity index (χ0v) is 15.8. The molecule has 1 N–H and O–H groups in total. The highest BCUT2D eigenvalue weighted by molar-refractivity contribution is 5.79. The second-order valence-electron chi connectivity index (χ2n) is 7.99. The Balaban J connectivity index is 1.46. The number of hydrogen-bond acceptors (Lipinski definition) is 3. The Morgan fingerprint density at radius 3 is 2.52 bits per heavy atom. The summed E-state index contributed by atoms with van der Waals surface area (Å²) in [5.41, 5.74) is 1.41. The van der Waals surface area contributed by atoms with Crippen LogP contribution in [-0.4, -0.2) is 54.0 Å². The molecule has 2 aliphatic heterocycles.